The second-order valence-electron chi connectivity index (χ2n) is 2.84. The van der Waals surface area contributed by atoms with Crippen LogP contribution in [-0.4, -0.2) is 35.8 Å². The van der Waals surface area contributed by atoms with Gasteiger partial charge in [0.25, 0.3) is 0 Å². The molecule has 4 heteroatoms. The van der Waals surface area contributed by atoms with E-state index in [0.29, 0.717) is 6.54 Å². The normalized spacial score (nSPS) is 22.0. The van der Waals surface area contributed by atoms with Crippen LogP contribution in [0, 0.1) is 11.8 Å². The van der Waals surface area contributed by atoms with Crippen LogP contribution in [0.2, 0.25) is 0 Å². The second-order valence-corrected chi connectivity index (χ2v) is 2.84. The number of carbonyl (C=O) groups excluding carboxylic acids is 2. The number of hydrogen-bond acceptors (Lipinski definition) is 2. The van der Waals surface area contributed by atoms with E-state index in [-0.39, 0.29) is 18.4 Å². The molecule has 0 aromatic rings. The summed E-state index contributed by atoms with van der Waals surface area (Å²) in [5.74, 6) is 5.28. The monoisotopic (exact) mass is 180 g/mol. The van der Waals surface area contributed by atoms with Crippen molar-refractivity contribution >= 4 is 11.8 Å². The fraction of sp³-hybridized carbons (Fsp3) is 0.556. The quantitative estimate of drug-likeness (QED) is 0.545. The molecule has 0 aromatic heterocycles. The highest BCUT2D eigenvalue weighted by Gasteiger charge is 2.29. The zero-order valence-corrected chi connectivity index (χ0v) is 7.76. The fourth-order valence-electron chi connectivity index (χ4n) is 1.16. The summed E-state index contributed by atoms with van der Waals surface area (Å²) in [5.41, 5.74) is 0. The van der Waals surface area contributed by atoms with Gasteiger partial charge >= 0.3 is 0 Å². The topological polar surface area (TPSA) is 49.4 Å². The minimum atomic E-state index is -0.401. The van der Waals surface area contributed by atoms with E-state index in [1.54, 1.807) is 13.8 Å². The van der Waals surface area contributed by atoms with Crippen molar-refractivity contribution in [3.63, 3.8) is 0 Å². The molecule has 0 saturated carbocycles. The van der Waals surface area contributed by atoms with Gasteiger partial charge in [0, 0.05) is 0 Å². The number of hydrogen-bond donors (Lipinski definition) is 1. The van der Waals surface area contributed by atoms with Crippen LogP contribution in [0.4, 0.5) is 0 Å². The molecule has 1 rings (SSSR count). The van der Waals surface area contributed by atoms with Crippen LogP contribution in [0.15, 0.2) is 0 Å². The Morgan fingerprint density at radius 2 is 2.31 bits per heavy atom. The highest BCUT2D eigenvalue weighted by molar-refractivity contribution is 5.94. The van der Waals surface area contributed by atoms with E-state index in [9.17, 15) is 9.59 Å². The third kappa shape index (κ3) is 2.00. The average Bonchev–Trinajstić information content (AvgIpc) is 2.12. The third-order valence-electron chi connectivity index (χ3n) is 2.01. The zero-order valence-electron chi connectivity index (χ0n) is 7.76. The van der Waals surface area contributed by atoms with Gasteiger partial charge in [0.05, 0.1) is 13.1 Å². The van der Waals surface area contributed by atoms with Crippen molar-refractivity contribution < 1.29 is 9.59 Å². The molecule has 70 valence electrons. The van der Waals surface area contributed by atoms with Crippen molar-refractivity contribution in [2.45, 2.75) is 19.9 Å². The van der Waals surface area contributed by atoms with E-state index in [1.165, 1.54) is 4.90 Å². The molecular formula is C9H12N2O2. The zero-order chi connectivity index (χ0) is 9.84. The molecule has 1 unspecified atom stereocenters. The number of nitrogens with one attached hydrogen (secondary N) is 1. The van der Waals surface area contributed by atoms with Crippen molar-refractivity contribution in [2.75, 3.05) is 13.1 Å². The van der Waals surface area contributed by atoms with Crippen molar-refractivity contribution in [3.05, 3.63) is 0 Å². The van der Waals surface area contributed by atoms with Gasteiger partial charge in [0.1, 0.15) is 6.04 Å². The van der Waals surface area contributed by atoms with Gasteiger partial charge < -0.3 is 10.2 Å². The van der Waals surface area contributed by atoms with Crippen LogP contribution < -0.4 is 5.32 Å². The summed E-state index contributed by atoms with van der Waals surface area (Å²) >= 11 is 0. The highest BCUT2D eigenvalue weighted by Crippen LogP contribution is 2.03. The van der Waals surface area contributed by atoms with Gasteiger partial charge in [-0.2, -0.15) is 0 Å². The summed E-state index contributed by atoms with van der Waals surface area (Å²) in [5, 5.41) is 2.51. The van der Waals surface area contributed by atoms with E-state index < -0.39 is 6.04 Å². The molecule has 1 atom stereocenters. The largest absolute Gasteiger partial charge is 0.345 e. The Morgan fingerprint density at radius 1 is 1.62 bits per heavy atom. The van der Waals surface area contributed by atoms with Crippen molar-refractivity contribution in [1.29, 1.82) is 0 Å². The number of piperazine rings is 1. The minimum absolute atomic E-state index is 0.0742. The smallest absolute Gasteiger partial charge is 0.243 e. The first-order valence-corrected chi connectivity index (χ1v) is 4.13. The van der Waals surface area contributed by atoms with Crippen LogP contribution >= 0.6 is 0 Å². The van der Waals surface area contributed by atoms with Crippen molar-refractivity contribution in [3.8, 4) is 11.8 Å². The van der Waals surface area contributed by atoms with E-state index >= 15 is 0 Å². The average molecular weight is 180 g/mol. The predicted molar refractivity (Wildman–Crippen MR) is 47.6 cm³/mol. The molecule has 4 nitrogen and oxygen atoms in total. The summed E-state index contributed by atoms with van der Waals surface area (Å²) in [7, 11) is 0. The Kier molecular flexibility index (Phi) is 2.91. The van der Waals surface area contributed by atoms with Crippen molar-refractivity contribution in [2.24, 2.45) is 0 Å². The first kappa shape index (κ1) is 9.59. The van der Waals surface area contributed by atoms with E-state index in [4.69, 9.17) is 0 Å². The molecule has 0 aliphatic carbocycles. The van der Waals surface area contributed by atoms with E-state index in [1.807, 2.05) is 0 Å². The van der Waals surface area contributed by atoms with Gasteiger partial charge in [0.2, 0.25) is 11.8 Å². The molecule has 13 heavy (non-hydrogen) atoms. The molecular weight excluding hydrogens is 168 g/mol. The molecule has 1 fully saturated rings. The Bertz CT molecular complexity index is 288. The Balaban J connectivity index is 2.70. The van der Waals surface area contributed by atoms with Gasteiger partial charge in [-0.15, -0.1) is 5.92 Å². The highest BCUT2D eigenvalue weighted by atomic mass is 16.2. The number of rotatable bonds is 1. The van der Waals surface area contributed by atoms with Crippen LogP contribution in [-0.2, 0) is 9.59 Å². The lowest BCUT2D eigenvalue weighted by Crippen LogP contribution is -2.57. The second kappa shape index (κ2) is 3.94. The molecule has 1 aliphatic heterocycles. The lowest BCUT2D eigenvalue weighted by atomic mass is 10.2. The van der Waals surface area contributed by atoms with Gasteiger partial charge in [-0.3, -0.25) is 9.59 Å². The first-order chi connectivity index (χ1) is 6.16. The van der Waals surface area contributed by atoms with Crippen LogP contribution in [0.5, 0.6) is 0 Å². The molecule has 1 aliphatic rings. The molecule has 0 spiro atoms. The van der Waals surface area contributed by atoms with E-state index in [2.05, 4.69) is 17.2 Å². The lowest BCUT2D eigenvalue weighted by Gasteiger charge is -2.30. The maximum absolute atomic E-state index is 11.3. The molecule has 1 heterocycles. The molecule has 0 radical (unpaired) electrons. The number of nitrogens with zero attached hydrogens (tertiary/aromatic N) is 1. The van der Waals surface area contributed by atoms with E-state index in [0.717, 1.165) is 0 Å². The molecule has 1 saturated heterocycles. The lowest BCUT2D eigenvalue weighted by molar-refractivity contribution is -0.144. The Labute approximate surface area is 77.3 Å². The van der Waals surface area contributed by atoms with Crippen molar-refractivity contribution in [1.82, 2.24) is 10.2 Å². The SMILES string of the molecule is CC#CCN1C(=O)CNC(=O)C1C. The summed E-state index contributed by atoms with van der Waals surface area (Å²) in [4.78, 5) is 23.9. The van der Waals surface area contributed by atoms with Gasteiger partial charge in [-0.25, -0.2) is 0 Å². The Morgan fingerprint density at radius 3 is 2.92 bits per heavy atom. The standard InChI is InChI=1S/C9H12N2O2/c1-3-4-5-11-7(2)9(13)10-6-8(11)12/h7H,5-6H2,1-2H3,(H,10,13). The number of amides is 2. The summed E-state index contributed by atoms with van der Waals surface area (Å²) in [6, 6.07) is -0.401. The van der Waals surface area contributed by atoms with Crippen LogP contribution in [0.25, 0.3) is 0 Å². The summed E-state index contributed by atoms with van der Waals surface area (Å²) in [6.07, 6.45) is 0. The fourth-order valence-corrected chi connectivity index (χ4v) is 1.16. The predicted octanol–water partition coefficient (Wildman–Crippen LogP) is -0.643. The summed E-state index contributed by atoms with van der Waals surface area (Å²) in [6.45, 7) is 3.83. The van der Waals surface area contributed by atoms with Gasteiger partial charge in [0.15, 0.2) is 0 Å². The first-order valence-electron chi connectivity index (χ1n) is 4.13. The maximum atomic E-state index is 11.3. The number of carbonyl (C=O) groups is 2. The molecule has 0 aromatic carbocycles. The summed E-state index contributed by atoms with van der Waals surface area (Å²) < 4.78 is 0. The maximum Gasteiger partial charge on any atom is 0.243 e. The van der Waals surface area contributed by atoms with Gasteiger partial charge in [-0.1, -0.05) is 5.92 Å². The Hall–Kier alpha value is -1.50. The minimum Gasteiger partial charge on any atom is -0.345 e. The molecule has 0 bridgehead atoms. The van der Waals surface area contributed by atoms with Crippen LogP contribution in [0.3, 0.4) is 0 Å². The molecule has 2 amide bonds. The van der Waals surface area contributed by atoms with Crippen LogP contribution in [0.1, 0.15) is 13.8 Å². The third-order valence-corrected chi connectivity index (χ3v) is 2.01. The van der Waals surface area contributed by atoms with Gasteiger partial charge in [-0.05, 0) is 13.8 Å². The molecule has 1 N–H and O–H groups in total.